The Labute approximate surface area is 152 Å². The van der Waals surface area contributed by atoms with Gasteiger partial charge in [0, 0.05) is 25.3 Å². The molecule has 5 nitrogen and oxygen atoms in total. The third-order valence-corrected chi connectivity index (χ3v) is 3.68. The zero-order valence-electron chi connectivity index (χ0n) is 12.8. The number of anilines is 2. The van der Waals surface area contributed by atoms with E-state index in [4.69, 9.17) is 5.73 Å². The molecule has 0 bridgehead atoms. The number of para-hydroxylation sites is 1. The van der Waals surface area contributed by atoms with Gasteiger partial charge in [0.1, 0.15) is 11.6 Å². The molecule has 1 aliphatic rings. The van der Waals surface area contributed by atoms with E-state index < -0.39 is 5.82 Å². The Bertz CT molecular complexity index is 701. The zero-order chi connectivity index (χ0) is 15.5. The average Bonchev–Trinajstić information content (AvgIpc) is 2.96. The van der Waals surface area contributed by atoms with E-state index in [0.29, 0.717) is 24.5 Å². The second-order valence-electron chi connectivity index (χ2n) is 5.30. The van der Waals surface area contributed by atoms with E-state index in [1.54, 1.807) is 41.4 Å². The van der Waals surface area contributed by atoms with E-state index in [1.807, 2.05) is 0 Å². The SMILES string of the molecule is Cl.Cl.N[C@@H]1CCN(C(=O)c2cccnc2Nc2ccccc2F)C1. The van der Waals surface area contributed by atoms with Crippen molar-refractivity contribution >= 4 is 42.2 Å². The van der Waals surface area contributed by atoms with Crippen LogP contribution in [0, 0.1) is 5.82 Å². The number of amides is 1. The van der Waals surface area contributed by atoms with Crippen molar-refractivity contribution < 1.29 is 9.18 Å². The van der Waals surface area contributed by atoms with Crippen LogP contribution < -0.4 is 11.1 Å². The van der Waals surface area contributed by atoms with Gasteiger partial charge in [-0.05, 0) is 30.7 Å². The van der Waals surface area contributed by atoms with Crippen molar-refractivity contribution in [3.63, 3.8) is 0 Å². The number of nitrogens with zero attached hydrogens (tertiary/aromatic N) is 2. The number of halogens is 3. The number of benzene rings is 1. The van der Waals surface area contributed by atoms with Gasteiger partial charge in [-0.1, -0.05) is 12.1 Å². The van der Waals surface area contributed by atoms with E-state index in [0.717, 1.165) is 6.42 Å². The first-order chi connectivity index (χ1) is 10.6. The minimum atomic E-state index is -0.394. The van der Waals surface area contributed by atoms with Gasteiger partial charge in [0.15, 0.2) is 0 Å². The van der Waals surface area contributed by atoms with Gasteiger partial charge < -0.3 is 16.0 Å². The minimum absolute atomic E-state index is 0. The van der Waals surface area contributed by atoms with E-state index in [2.05, 4.69) is 10.3 Å². The Morgan fingerprint density at radius 1 is 1.25 bits per heavy atom. The minimum Gasteiger partial charge on any atom is -0.337 e. The fourth-order valence-electron chi connectivity index (χ4n) is 2.51. The van der Waals surface area contributed by atoms with Gasteiger partial charge in [-0.3, -0.25) is 4.79 Å². The molecule has 3 rings (SSSR count). The Hall–Kier alpha value is -1.89. The quantitative estimate of drug-likeness (QED) is 0.868. The topological polar surface area (TPSA) is 71.2 Å². The summed E-state index contributed by atoms with van der Waals surface area (Å²) in [7, 11) is 0. The van der Waals surface area contributed by atoms with Crippen LogP contribution in [0.2, 0.25) is 0 Å². The number of carbonyl (C=O) groups is 1. The molecule has 1 saturated heterocycles. The van der Waals surface area contributed by atoms with Gasteiger partial charge in [-0.25, -0.2) is 9.37 Å². The Kier molecular flexibility index (Phi) is 7.41. The normalized spacial score (nSPS) is 16.1. The Morgan fingerprint density at radius 2 is 2.00 bits per heavy atom. The molecule has 0 saturated carbocycles. The van der Waals surface area contributed by atoms with Crippen molar-refractivity contribution in [2.24, 2.45) is 5.73 Å². The summed E-state index contributed by atoms with van der Waals surface area (Å²) in [5, 5.41) is 2.89. The number of likely N-dealkylation sites (tertiary alicyclic amines) is 1. The highest BCUT2D eigenvalue weighted by Crippen LogP contribution is 2.23. The lowest BCUT2D eigenvalue weighted by atomic mass is 10.2. The molecular weight excluding hydrogens is 354 g/mol. The third kappa shape index (κ3) is 4.35. The molecule has 3 N–H and O–H groups in total. The summed E-state index contributed by atoms with van der Waals surface area (Å²) in [5.41, 5.74) is 6.55. The number of aromatic nitrogens is 1. The predicted octanol–water partition coefficient (Wildman–Crippen LogP) is 2.98. The van der Waals surface area contributed by atoms with Crippen molar-refractivity contribution in [3.8, 4) is 0 Å². The van der Waals surface area contributed by atoms with Crippen molar-refractivity contribution in [2.45, 2.75) is 12.5 Å². The van der Waals surface area contributed by atoms with Crippen molar-refractivity contribution in [1.82, 2.24) is 9.88 Å². The molecule has 8 heteroatoms. The number of rotatable bonds is 3. The van der Waals surface area contributed by atoms with Gasteiger partial charge >= 0.3 is 0 Å². The van der Waals surface area contributed by atoms with Crippen LogP contribution in [0.4, 0.5) is 15.9 Å². The highest BCUT2D eigenvalue weighted by atomic mass is 35.5. The first-order valence-corrected chi connectivity index (χ1v) is 7.16. The molecular formula is C16H19Cl2FN4O. The maximum atomic E-state index is 13.8. The molecule has 1 atom stereocenters. The second kappa shape index (κ2) is 8.82. The lowest BCUT2D eigenvalue weighted by Crippen LogP contribution is -2.32. The van der Waals surface area contributed by atoms with Crippen LogP contribution in [-0.4, -0.2) is 34.9 Å². The van der Waals surface area contributed by atoms with E-state index >= 15 is 0 Å². The molecule has 2 aromatic rings. The number of hydrogen-bond acceptors (Lipinski definition) is 4. The standard InChI is InChI=1S/C16H17FN4O.2ClH/c17-13-5-1-2-6-14(13)20-15-12(4-3-8-19-15)16(22)21-9-7-11(18)10-21;;/h1-6,8,11H,7,9-10,18H2,(H,19,20);2*1H/t11-;;/m1../s1. The zero-order valence-corrected chi connectivity index (χ0v) is 14.4. The maximum absolute atomic E-state index is 13.8. The van der Waals surface area contributed by atoms with Crippen molar-refractivity contribution in [1.29, 1.82) is 0 Å². The summed E-state index contributed by atoms with van der Waals surface area (Å²) >= 11 is 0. The number of nitrogens with one attached hydrogen (secondary N) is 1. The number of hydrogen-bond donors (Lipinski definition) is 2. The fourth-order valence-corrected chi connectivity index (χ4v) is 2.51. The molecule has 0 spiro atoms. The Morgan fingerprint density at radius 3 is 2.67 bits per heavy atom. The molecule has 24 heavy (non-hydrogen) atoms. The summed E-state index contributed by atoms with van der Waals surface area (Å²) < 4.78 is 13.8. The highest BCUT2D eigenvalue weighted by molar-refractivity contribution is 5.99. The predicted molar refractivity (Wildman–Crippen MR) is 96.9 cm³/mol. The molecule has 0 aliphatic carbocycles. The summed E-state index contributed by atoms with van der Waals surface area (Å²) in [6, 6.07) is 9.67. The molecule has 1 fully saturated rings. The summed E-state index contributed by atoms with van der Waals surface area (Å²) in [5.74, 6) is -0.187. The molecule has 1 aromatic carbocycles. The number of pyridine rings is 1. The average molecular weight is 373 g/mol. The molecule has 2 heterocycles. The van der Waals surface area contributed by atoms with Gasteiger partial charge in [-0.15, -0.1) is 24.8 Å². The second-order valence-corrected chi connectivity index (χ2v) is 5.30. The van der Waals surface area contributed by atoms with Crippen LogP contribution in [0.5, 0.6) is 0 Å². The molecule has 1 aromatic heterocycles. The van der Waals surface area contributed by atoms with Crippen LogP contribution >= 0.6 is 24.8 Å². The monoisotopic (exact) mass is 372 g/mol. The van der Waals surface area contributed by atoms with Gasteiger partial charge in [0.05, 0.1) is 11.3 Å². The fraction of sp³-hybridized carbons (Fsp3) is 0.250. The molecule has 0 unspecified atom stereocenters. The van der Waals surface area contributed by atoms with Crippen molar-refractivity contribution in [3.05, 3.63) is 54.0 Å². The summed E-state index contributed by atoms with van der Waals surface area (Å²) in [4.78, 5) is 18.5. The molecule has 130 valence electrons. The number of carbonyl (C=O) groups excluding carboxylic acids is 1. The largest absolute Gasteiger partial charge is 0.337 e. The van der Waals surface area contributed by atoms with Crippen molar-refractivity contribution in [2.75, 3.05) is 18.4 Å². The Balaban J connectivity index is 0.00000144. The third-order valence-electron chi connectivity index (χ3n) is 3.68. The lowest BCUT2D eigenvalue weighted by Gasteiger charge is -2.18. The molecule has 1 amide bonds. The number of nitrogens with two attached hydrogens (primary N) is 1. The van der Waals surface area contributed by atoms with Crippen LogP contribution in [0.3, 0.4) is 0 Å². The van der Waals surface area contributed by atoms with E-state index in [9.17, 15) is 9.18 Å². The van der Waals surface area contributed by atoms with Gasteiger partial charge in [0.25, 0.3) is 5.91 Å². The lowest BCUT2D eigenvalue weighted by molar-refractivity contribution is 0.0791. The maximum Gasteiger partial charge on any atom is 0.257 e. The van der Waals surface area contributed by atoms with Gasteiger partial charge in [-0.2, -0.15) is 0 Å². The highest BCUT2D eigenvalue weighted by Gasteiger charge is 2.26. The van der Waals surface area contributed by atoms with Crippen LogP contribution in [0.1, 0.15) is 16.8 Å². The van der Waals surface area contributed by atoms with Gasteiger partial charge in [0.2, 0.25) is 0 Å². The summed E-state index contributed by atoms with van der Waals surface area (Å²) in [6.45, 7) is 1.17. The van der Waals surface area contributed by atoms with Crippen LogP contribution in [0.15, 0.2) is 42.6 Å². The van der Waals surface area contributed by atoms with Crippen LogP contribution in [0.25, 0.3) is 0 Å². The molecule has 1 aliphatic heterocycles. The molecule has 0 radical (unpaired) electrons. The first kappa shape index (κ1) is 20.2. The smallest absolute Gasteiger partial charge is 0.257 e. The summed E-state index contributed by atoms with van der Waals surface area (Å²) in [6.07, 6.45) is 2.36. The first-order valence-electron chi connectivity index (χ1n) is 7.16. The van der Waals surface area contributed by atoms with E-state index in [-0.39, 0.29) is 42.5 Å². The van der Waals surface area contributed by atoms with Crippen LogP contribution in [-0.2, 0) is 0 Å². The van der Waals surface area contributed by atoms with E-state index in [1.165, 1.54) is 6.07 Å².